The number of nitrogens with one attached hydrogen (secondary N) is 1. The minimum Gasteiger partial charge on any atom is -0.377 e. The second kappa shape index (κ2) is 6.33. The molecule has 1 unspecified atom stereocenters. The van der Waals surface area contributed by atoms with Crippen molar-refractivity contribution in [3.8, 4) is 0 Å². The Balaban J connectivity index is 1.57. The molecule has 0 saturated heterocycles. The van der Waals surface area contributed by atoms with E-state index in [1.165, 1.54) is 30.6 Å². The minimum atomic E-state index is 0.389. The third-order valence-corrected chi connectivity index (χ3v) is 4.04. The van der Waals surface area contributed by atoms with E-state index in [-0.39, 0.29) is 0 Å². The van der Waals surface area contributed by atoms with Crippen LogP contribution in [0, 0.1) is 0 Å². The Bertz CT molecular complexity index is 283. The van der Waals surface area contributed by atoms with Gasteiger partial charge in [-0.05, 0) is 19.8 Å². The summed E-state index contributed by atoms with van der Waals surface area (Å²) in [5.41, 5.74) is 1.88. The van der Waals surface area contributed by atoms with E-state index in [0.29, 0.717) is 12.1 Å². The smallest absolute Gasteiger partial charge is 0.0794 e. The summed E-state index contributed by atoms with van der Waals surface area (Å²) in [5, 5.41) is 3.45. The minimum absolute atomic E-state index is 0.389. The number of hydrogen-bond donors (Lipinski definition) is 1. The normalized spacial score (nSPS) is 19.1. The lowest BCUT2D eigenvalue weighted by Gasteiger charge is -2.14. The first-order valence-electron chi connectivity index (χ1n) is 6.09. The van der Waals surface area contributed by atoms with Gasteiger partial charge in [-0.2, -0.15) is 0 Å². The van der Waals surface area contributed by atoms with Gasteiger partial charge >= 0.3 is 0 Å². The lowest BCUT2D eigenvalue weighted by atomic mass is 10.3. The van der Waals surface area contributed by atoms with E-state index in [0.717, 1.165) is 13.2 Å². The van der Waals surface area contributed by atoms with Gasteiger partial charge in [-0.15, -0.1) is 11.3 Å². The number of ether oxygens (including phenoxy) is 1. The maximum Gasteiger partial charge on any atom is 0.0794 e. The molecule has 1 aromatic heterocycles. The van der Waals surface area contributed by atoms with Crippen LogP contribution >= 0.6 is 11.3 Å². The molecular weight excluding hydrogens is 220 g/mol. The van der Waals surface area contributed by atoms with Gasteiger partial charge in [-0.25, -0.2) is 0 Å². The van der Waals surface area contributed by atoms with E-state index in [4.69, 9.17) is 4.74 Å². The molecule has 1 atom stereocenters. The predicted molar refractivity (Wildman–Crippen MR) is 66.7 cm³/mol. The standard InChI is InChI=1S/C12H20N2OS/c1-10(12-8-13-9-16-12)14-6-7-15-11-4-2-3-5-11/h8-11,14H,2-7H2,1H3. The Hall–Kier alpha value is -0.450. The fourth-order valence-electron chi connectivity index (χ4n) is 2.10. The highest BCUT2D eigenvalue weighted by atomic mass is 32.1. The van der Waals surface area contributed by atoms with Crippen LogP contribution in [0.25, 0.3) is 0 Å². The molecule has 3 nitrogen and oxygen atoms in total. The molecule has 0 aliphatic heterocycles. The number of thiazole rings is 1. The first-order valence-corrected chi connectivity index (χ1v) is 6.97. The first-order chi connectivity index (χ1) is 7.86. The van der Waals surface area contributed by atoms with Crippen molar-refractivity contribution >= 4 is 11.3 Å². The maximum atomic E-state index is 5.80. The molecule has 1 fully saturated rings. The molecule has 90 valence electrons. The highest BCUT2D eigenvalue weighted by Gasteiger charge is 2.14. The van der Waals surface area contributed by atoms with Crippen LogP contribution in [0.2, 0.25) is 0 Å². The zero-order chi connectivity index (χ0) is 11.2. The van der Waals surface area contributed by atoms with Crippen molar-refractivity contribution in [1.82, 2.24) is 10.3 Å². The molecule has 0 spiro atoms. The van der Waals surface area contributed by atoms with E-state index < -0.39 is 0 Å². The van der Waals surface area contributed by atoms with Gasteiger partial charge < -0.3 is 10.1 Å². The number of rotatable bonds is 6. The summed E-state index contributed by atoms with van der Waals surface area (Å²) in [4.78, 5) is 5.37. The molecule has 0 amide bonds. The highest BCUT2D eigenvalue weighted by Crippen LogP contribution is 2.20. The van der Waals surface area contributed by atoms with Gasteiger partial charge in [0.05, 0.1) is 18.2 Å². The highest BCUT2D eigenvalue weighted by molar-refractivity contribution is 7.09. The molecule has 0 aromatic carbocycles. The quantitative estimate of drug-likeness (QED) is 0.776. The summed E-state index contributed by atoms with van der Waals surface area (Å²) in [6.45, 7) is 3.92. The van der Waals surface area contributed by atoms with E-state index in [1.54, 1.807) is 11.3 Å². The van der Waals surface area contributed by atoms with Gasteiger partial charge in [-0.3, -0.25) is 4.98 Å². The van der Waals surface area contributed by atoms with Crippen molar-refractivity contribution in [2.75, 3.05) is 13.2 Å². The lowest BCUT2D eigenvalue weighted by Crippen LogP contribution is -2.24. The fourth-order valence-corrected chi connectivity index (χ4v) is 2.75. The number of nitrogens with zero attached hydrogens (tertiary/aromatic N) is 1. The van der Waals surface area contributed by atoms with Crippen LogP contribution < -0.4 is 5.32 Å². The molecule has 1 saturated carbocycles. The number of hydrogen-bond acceptors (Lipinski definition) is 4. The molecule has 4 heteroatoms. The summed E-state index contributed by atoms with van der Waals surface area (Å²) in [5.74, 6) is 0. The largest absolute Gasteiger partial charge is 0.377 e. The Morgan fingerprint density at radius 3 is 3.06 bits per heavy atom. The molecule has 1 N–H and O–H groups in total. The van der Waals surface area contributed by atoms with Crippen molar-refractivity contribution in [3.63, 3.8) is 0 Å². The summed E-state index contributed by atoms with van der Waals surface area (Å²) in [7, 11) is 0. The van der Waals surface area contributed by atoms with Crippen molar-refractivity contribution in [1.29, 1.82) is 0 Å². The van der Waals surface area contributed by atoms with E-state index in [1.807, 2.05) is 11.7 Å². The molecular formula is C12H20N2OS. The Morgan fingerprint density at radius 1 is 1.56 bits per heavy atom. The topological polar surface area (TPSA) is 34.1 Å². The van der Waals surface area contributed by atoms with Crippen molar-refractivity contribution in [3.05, 3.63) is 16.6 Å². The van der Waals surface area contributed by atoms with Crippen LogP contribution in [-0.2, 0) is 4.74 Å². The SMILES string of the molecule is CC(NCCOC1CCCC1)c1cncs1. The second-order valence-electron chi connectivity index (χ2n) is 4.36. The van der Waals surface area contributed by atoms with Crippen molar-refractivity contribution in [2.45, 2.75) is 44.8 Å². The maximum absolute atomic E-state index is 5.80. The lowest BCUT2D eigenvalue weighted by molar-refractivity contribution is 0.0594. The van der Waals surface area contributed by atoms with Crippen LogP contribution in [0.4, 0.5) is 0 Å². The van der Waals surface area contributed by atoms with Crippen molar-refractivity contribution in [2.24, 2.45) is 0 Å². The zero-order valence-corrected chi connectivity index (χ0v) is 10.6. The van der Waals surface area contributed by atoms with E-state index in [9.17, 15) is 0 Å². The molecule has 1 heterocycles. The summed E-state index contributed by atoms with van der Waals surface area (Å²) < 4.78 is 5.80. The van der Waals surface area contributed by atoms with Crippen molar-refractivity contribution < 1.29 is 4.74 Å². The van der Waals surface area contributed by atoms with E-state index in [2.05, 4.69) is 17.2 Å². The molecule has 0 radical (unpaired) electrons. The van der Waals surface area contributed by atoms with Crippen LogP contribution in [0.3, 0.4) is 0 Å². The summed E-state index contributed by atoms with van der Waals surface area (Å²) >= 11 is 1.70. The average molecular weight is 240 g/mol. The van der Waals surface area contributed by atoms with Gasteiger partial charge in [0, 0.05) is 23.7 Å². The zero-order valence-electron chi connectivity index (χ0n) is 9.82. The summed E-state index contributed by atoms with van der Waals surface area (Å²) in [6, 6.07) is 0.389. The fraction of sp³-hybridized carbons (Fsp3) is 0.750. The van der Waals surface area contributed by atoms with Crippen LogP contribution in [0.1, 0.15) is 43.5 Å². The molecule has 2 rings (SSSR count). The van der Waals surface area contributed by atoms with Gasteiger partial charge in [0.2, 0.25) is 0 Å². The third-order valence-electron chi connectivity index (χ3n) is 3.09. The molecule has 0 bridgehead atoms. The number of aromatic nitrogens is 1. The Morgan fingerprint density at radius 2 is 2.38 bits per heavy atom. The molecule has 16 heavy (non-hydrogen) atoms. The Kier molecular flexibility index (Phi) is 4.75. The molecule has 1 aromatic rings. The van der Waals surface area contributed by atoms with Gasteiger partial charge in [-0.1, -0.05) is 12.8 Å². The Labute approximate surface area is 101 Å². The van der Waals surface area contributed by atoms with E-state index >= 15 is 0 Å². The first kappa shape index (κ1) is 12.0. The third kappa shape index (κ3) is 3.54. The molecule has 1 aliphatic carbocycles. The molecule has 1 aliphatic rings. The predicted octanol–water partition coefficient (Wildman–Crippen LogP) is 2.75. The summed E-state index contributed by atoms with van der Waals surface area (Å²) in [6.07, 6.45) is 7.65. The van der Waals surface area contributed by atoms with Gasteiger partial charge in [0.25, 0.3) is 0 Å². The monoisotopic (exact) mass is 240 g/mol. The van der Waals surface area contributed by atoms with Gasteiger partial charge in [0.1, 0.15) is 0 Å². The average Bonchev–Trinajstić information content (AvgIpc) is 2.96. The van der Waals surface area contributed by atoms with Crippen LogP contribution in [0.5, 0.6) is 0 Å². The second-order valence-corrected chi connectivity index (χ2v) is 5.27. The van der Waals surface area contributed by atoms with Crippen LogP contribution in [-0.4, -0.2) is 24.2 Å². The van der Waals surface area contributed by atoms with Crippen LogP contribution in [0.15, 0.2) is 11.7 Å². The van der Waals surface area contributed by atoms with Gasteiger partial charge in [0.15, 0.2) is 0 Å².